The second-order valence-corrected chi connectivity index (χ2v) is 7.87. The first kappa shape index (κ1) is 17.8. The highest BCUT2D eigenvalue weighted by molar-refractivity contribution is 5.93. The van der Waals surface area contributed by atoms with Gasteiger partial charge in [0.15, 0.2) is 0 Å². The molecule has 0 aromatic carbocycles. The molecule has 2 atom stereocenters. The molecule has 0 radical (unpaired) electrons. The van der Waals surface area contributed by atoms with Gasteiger partial charge in [0, 0.05) is 46.8 Å². The molecular weight excluding hydrogens is 318 g/mol. The molecule has 2 bridgehead atoms. The molecule has 0 N–H and O–H groups in total. The van der Waals surface area contributed by atoms with Gasteiger partial charge < -0.3 is 14.7 Å². The predicted molar refractivity (Wildman–Crippen MR) is 95.5 cm³/mol. The van der Waals surface area contributed by atoms with Crippen molar-refractivity contribution in [3.63, 3.8) is 0 Å². The SMILES string of the molecule is CC(C)c1cc(C(=O)N2C[C@@H]3CC[C@H]2CN(C(=O)N(C)C)C3)n(C)n1. The Morgan fingerprint density at radius 3 is 2.52 bits per heavy atom. The van der Waals surface area contributed by atoms with Crippen molar-refractivity contribution in [1.82, 2.24) is 24.5 Å². The van der Waals surface area contributed by atoms with E-state index < -0.39 is 0 Å². The summed E-state index contributed by atoms with van der Waals surface area (Å²) in [7, 11) is 5.39. The highest BCUT2D eigenvalue weighted by atomic mass is 16.2. The smallest absolute Gasteiger partial charge is 0.319 e. The minimum atomic E-state index is 0.0360. The van der Waals surface area contributed by atoms with Gasteiger partial charge in [0.05, 0.1) is 5.69 Å². The summed E-state index contributed by atoms with van der Waals surface area (Å²) in [5.74, 6) is 0.682. The van der Waals surface area contributed by atoms with E-state index in [0.717, 1.165) is 31.6 Å². The van der Waals surface area contributed by atoms with Crippen LogP contribution in [-0.2, 0) is 7.05 Å². The fourth-order valence-corrected chi connectivity index (χ4v) is 3.89. The summed E-state index contributed by atoms with van der Waals surface area (Å²) in [4.78, 5) is 31.0. The summed E-state index contributed by atoms with van der Waals surface area (Å²) in [6.07, 6.45) is 2.04. The van der Waals surface area contributed by atoms with E-state index in [9.17, 15) is 9.59 Å². The fourth-order valence-electron chi connectivity index (χ4n) is 3.89. The molecule has 3 aliphatic heterocycles. The first-order valence-corrected chi connectivity index (χ1v) is 9.09. The second-order valence-electron chi connectivity index (χ2n) is 7.87. The maximum Gasteiger partial charge on any atom is 0.319 e. The maximum absolute atomic E-state index is 13.2. The lowest BCUT2D eigenvalue weighted by molar-refractivity contribution is 0.0574. The average Bonchev–Trinajstić information content (AvgIpc) is 2.75. The molecule has 4 heterocycles. The lowest BCUT2D eigenvalue weighted by Crippen LogP contribution is -2.48. The number of hydrogen-bond donors (Lipinski definition) is 0. The van der Waals surface area contributed by atoms with Gasteiger partial charge in [-0.05, 0) is 30.7 Å². The van der Waals surface area contributed by atoms with E-state index in [4.69, 9.17) is 0 Å². The molecule has 7 nitrogen and oxygen atoms in total. The number of carbonyl (C=O) groups is 2. The molecule has 7 heteroatoms. The first-order valence-electron chi connectivity index (χ1n) is 9.09. The number of rotatable bonds is 2. The van der Waals surface area contributed by atoms with Crippen LogP contribution >= 0.6 is 0 Å². The van der Waals surface area contributed by atoms with Crippen LogP contribution in [0.25, 0.3) is 0 Å². The molecule has 4 rings (SSSR count). The molecule has 25 heavy (non-hydrogen) atoms. The zero-order valence-corrected chi connectivity index (χ0v) is 15.9. The van der Waals surface area contributed by atoms with E-state index in [0.29, 0.717) is 24.1 Å². The summed E-state index contributed by atoms with van der Waals surface area (Å²) in [5.41, 5.74) is 1.58. The Labute approximate surface area is 149 Å². The predicted octanol–water partition coefficient (Wildman–Crippen LogP) is 1.76. The van der Waals surface area contributed by atoms with Crippen LogP contribution in [-0.4, -0.2) is 76.2 Å². The van der Waals surface area contributed by atoms with Crippen LogP contribution in [0.2, 0.25) is 0 Å². The van der Waals surface area contributed by atoms with Crippen molar-refractivity contribution < 1.29 is 9.59 Å². The molecule has 0 saturated carbocycles. The molecule has 138 valence electrons. The van der Waals surface area contributed by atoms with E-state index in [2.05, 4.69) is 18.9 Å². The first-order chi connectivity index (χ1) is 11.8. The molecule has 1 aromatic rings. The lowest BCUT2D eigenvalue weighted by atomic mass is 9.94. The Bertz CT molecular complexity index is 666. The van der Waals surface area contributed by atoms with Crippen LogP contribution in [0.5, 0.6) is 0 Å². The molecule has 0 aliphatic carbocycles. The largest absolute Gasteiger partial charge is 0.332 e. The van der Waals surface area contributed by atoms with Crippen molar-refractivity contribution in [2.24, 2.45) is 13.0 Å². The number of hydrogen-bond acceptors (Lipinski definition) is 3. The number of fused-ring (bicyclic) bond motifs is 4. The van der Waals surface area contributed by atoms with Crippen LogP contribution in [0.1, 0.15) is 48.8 Å². The Morgan fingerprint density at radius 1 is 1.20 bits per heavy atom. The van der Waals surface area contributed by atoms with Gasteiger partial charge in [-0.15, -0.1) is 0 Å². The van der Waals surface area contributed by atoms with Crippen LogP contribution < -0.4 is 0 Å². The van der Waals surface area contributed by atoms with Crippen LogP contribution in [0.4, 0.5) is 4.79 Å². The highest BCUT2D eigenvalue weighted by Gasteiger charge is 2.39. The normalized spacial score (nSPS) is 23.1. The Hall–Kier alpha value is -2.05. The summed E-state index contributed by atoms with van der Waals surface area (Å²) >= 11 is 0. The zero-order valence-electron chi connectivity index (χ0n) is 15.9. The number of piperidine rings is 1. The van der Waals surface area contributed by atoms with Crippen molar-refractivity contribution in [3.8, 4) is 0 Å². The van der Waals surface area contributed by atoms with Gasteiger partial charge in [0.1, 0.15) is 5.69 Å². The number of carbonyl (C=O) groups excluding carboxylic acids is 2. The van der Waals surface area contributed by atoms with E-state index in [1.54, 1.807) is 23.7 Å². The number of amides is 3. The Balaban J connectivity index is 1.82. The number of aryl methyl sites for hydroxylation is 1. The van der Waals surface area contributed by atoms with Gasteiger partial charge in [-0.2, -0.15) is 5.10 Å². The number of aromatic nitrogens is 2. The summed E-state index contributed by atoms with van der Waals surface area (Å²) in [5, 5.41) is 4.48. The Morgan fingerprint density at radius 2 is 1.92 bits per heavy atom. The second kappa shape index (κ2) is 6.69. The van der Waals surface area contributed by atoms with Crippen LogP contribution in [0.3, 0.4) is 0 Å². The van der Waals surface area contributed by atoms with Gasteiger partial charge in [0.2, 0.25) is 0 Å². The summed E-state index contributed by atoms with van der Waals surface area (Å²) in [6.45, 7) is 6.24. The van der Waals surface area contributed by atoms with Crippen molar-refractivity contribution in [3.05, 3.63) is 17.5 Å². The molecule has 0 spiro atoms. The topological polar surface area (TPSA) is 61.7 Å². The molecule has 3 aliphatic rings. The molecule has 3 amide bonds. The van der Waals surface area contributed by atoms with E-state index in [1.807, 2.05) is 22.9 Å². The number of nitrogens with zero attached hydrogens (tertiary/aromatic N) is 5. The fraction of sp³-hybridized carbons (Fsp3) is 0.722. The third-order valence-electron chi connectivity index (χ3n) is 5.34. The van der Waals surface area contributed by atoms with Crippen LogP contribution in [0, 0.1) is 5.92 Å². The highest BCUT2D eigenvalue weighted by Crippen LogP contribution is 2.30. The van der Waals surface area contributed by atoms with Gasteiger partial charge >= 0.3 is 6.03 Å². The van der Waals surface area contributed by atoms with Crippen molar-refractivity contribution in [2.75, 3.05) is 33.7 Å². The van der Waals surface area contributed by atoms with Gasteiger partial charge in [-0.3, -0.25) is 9.48 Å². The van der Waals surface area contributed by atoms with Crippen molar-refractivity contribution >= 4 is 11.9 Å². The average molecular weight is 347 g/mol. The van der Waals surface area contributed by atoms with E-state index >= 15 is 0 Å². The molecule has 0 unspecified atom stereocenters. The van der Waals surface area contributed by atoms with E-state index in [1.165, 1.54) is 0 Å². The van der Waals surface area contributed by atoms with Crippen molar-refractivity contribution in [2.45, 2.75) is 38.6 Å². The quantitative estimate of drug-likeness (QED) is 0.819. The molecule has 3 saturated heterocycles. The minimum absolute atomic E-state index is 0.0360. The monoisotopic (exact) mass is 347 g/mol. The van der Waals surface area contributed by atoms with E-state index in [-0.39, 0.29) is 18.0 Å². The summed E-state index contributed by atoms with van der Waals surface area (Å²) in [6, 6.07) is 2.04. The third kappa shape index (κ3) is 3.37. The number of urea groups is 1. The van der Waals surface area contributed by atoms with Gasteiger partial charge in [-0.25, -0.2) is 4.79 Å². The van der Waals surface area contributed by atoms with Gasteiger partial charge in [-0.1, -0.05) is 13.8 Å². The van der Waals surface area contributed by atoms with Crippen molar-refractivity contribution in [1.29, 1.82) is 0 Å². The minimum Gasteiger partial charge on any atom is -0.332 e. The lowest BCUT2D eigenvalue weighted by Gasteiger charge is -2.36. The van der Waals surface area contributed by atoms with Gasteiger partial charge in [0.25, 0.3) is 5.91 Å². The summed E-state index contributed by atoms with van der Waals surface area (Å²) < 4.78 is 1.69. The standard InChI is InChI=1S/C18H29N5O2/c1-12(2)15-8-16(21(5)19-15)17(24)23-10-13-6-7-14(23)11-22(9-13)18(25)20(3)4/h8,12-14H,6-7,9-11H2,1-5H3/t13-,14+/m1/s1. The van der Waals surface area contributed by atoms with Crippen LogP contribution in [0.15, 0.2) is 6.07 Å². The molecule has 3 fully saturated rings. The third-order valence-corrected chi connectivity index (χ3v) is 5.34. The molecular formula is C18H29N5O2. The zero-order chi connectivity index (χ0) is 18.3. The maximum atomic E-state index is 13.2. The molecule has 1 aromatic heterocycles. The Kier molecular flexibility index (Phi) is 4.75.